The Labute approximate surface area is 161 Å². The van der Waals surface area contributed by atoms with Crippen LogP contribution < -0.4 is 5.56 Å². The zero-order valence-corrected chi connectivity index (χ0v) is 16.2. The molecule has 5 heteroatoms. The summed E-state index contributed by atoms with van der Waals surface area (Å²) in [5.74, 6) is 0.691. The number of rotatable bonds is 6. The maximum Gasteiger partial charge on any atom is 0.282 e. The first-order valence-electron chi connectivity index (χ1n) is 8.66. The van der Waals surface area contributed by atoms with Crippen molar-refractivity contribution in [2.24, 2.45) is 5.10 Å². The van der Waals surface area contributed by atoms with E-state index in [0.717, 1.165) is 29.3 Å². The van der Waals surface area contributed by atoms with Crippen LogP contribution in [0.15, 0.2) is 69.0 Å². The number of hydrogen-bond acceptors (Lipinski definition) is 3. The number of benzene rings is 2. The average Bonchev–Trinajstić information content (AvgIpc) is 2.66. The highest BCUT2D eigenvalue weighted by molar-refractivity contribution is 9.10. The Bertz CT molecular complexity index is 1010. The van der Waals surface area contributed by atoms with Gasteiger partial charge in [0.05, 0.1) is 10.9 Å². The number of nitrogens with zero attached hydrogens (tertiary/aromatic N) is 3. The molecule has 0 saturated heterocycles. The van der Waals surface area contributed by atoms with Crippen LogP contribution in [0.25, 0.3) is 17.0 Å². The van der Waals surface area contributed by atoms with Gasteiger partial charge in [0.1, 0.15) is 5.82 Å². The van der Waals surface area contributed by atoms with Crippen LogP contribution in [0.4, 0.5) is 0 Å². The van der Waals surface area contributed by atoms with Gasteiger partial charge in [-0.05, 0) is 36.3 Å². The second-order valence-electron chi connectivity index (χ2n) is 5.94. The molecule has 0 saturated carbocycles. The highest BCUT2D eigenvalue weighted by atomic mass is 79.9. The quantitative estimate of drug-likeness (QED) is 0.534. The third-order valence-electron chi connectivity index (χ3n) is 3.99. The molecule has 0 bridgehead atoms. The van der Waals surface area contributed by atoms with E-state index in [4.69, 9.17) is 0 Å². The van der Waals surface area contributed by atoms with E-state index < -0.39 is 0 Å². The van der Waals surface area contributed by atoms with Crippen molar-refractivity contribution in [1.82, 2.24) is 9.66 Å². The van der Waals surface area contributed by atoms with Gasteiger partial charge in [0.25, 0.3) is 5.56 Å². The molecule has 0 spiro atoms. The maximum atomic E-state index is 12.9. The van der Waals surface area contributed by atoms with Crippen molar-refractivity contribution in [1.29, 1.82) is 0 Å². The van der Waals surface area contributed by atoms with E-state index >= 15 is 0 Å². The van der Waals surface area contributed by atoms with Gasteiger partial charge in [0, 0.05) is 17.1 Å². The molecule has 3 rings (SSSR count). The van der Waals surface area contributed by atoms with Crippen molar-refractivity contribution in [3.8, 4) is 0 Å². The molecule has 3 aromatic rings. The van der Waals surface area contributed by atoms with Crippen molar-refractivity contribution in [3.05, 3.63) is 80.8 Å². The summed E-state index contributed by atoms with van der Waals surface area (Å²) in [6.45, 7) is 2.12. The molecule has 0 amide bonds. The van der Waals surface area contributed by atoms with Gasteiger partial charge in [-0.3, -0.25) is 4.79 Å². The maximum absolute atomic E-state index is 12.9. The van der Waals surface area contributed by atoms with Crippen LogP contribution in [0.2, 0.25) is 0 Å². The second kappa shape index (κ2) is 8.72. The van der Waals surface area contributed by atoms with Gasteiger partial charge in [-0.25, -0.2) is 4.98 Å². The second-order valence-corrected chi connectivity index (χ2v) is 6.86. The smallest absolute Gasteiger partial charge is 0.267 e. The van der Waals surface area contributed by atoms with Crippen molar-refractivity contribution in [2.45, 2.75) is 26.2 Å². The van der Waals surface area contributed by atoms with E-state index in [1.165, 1.54) is 4.68 Å². The number of unbranched alkanes of at least 4 members (excludes halogenated alkanes) is 1. The third-order valence-corrected chi connectivity index (χ3v) is 4.48. The van der Waals surface area contributed by atoms with Crippen LogP contribution >= 0.6 is 15.9 Å². The summed E-state index contributed by atoms with van der Waals surface area (Å²) in [5.41, 5.74) is 1.64. The van der Waals surface area contributed by atoms with Crippen molar-refractivity contribution >= 4 is 39.1 Å². The van der Waals surface area contributed by atoms with Crippen molar-refractivity contribution in [3.63, 3.8) is 0 Å². The Morgan fingerprint density at radius 2 is 2.00 bits per heavy atom. The minimum absolute atomic E-state index is 0.147. The summed E-state index contributed by atoms with van der Waals surface area (Å²) in [6, 6.07) is 15.5. The zero-order chi connectivity index (χ0) is 18.4. The van der Waals surface area contributed by atoms with Crippen LogP contribution in [0.1, 0.15) is 31.2 Å². The lowest BCUT2D eigenvalue weighted by Gasteiger charge is -2.08. The number of aryl methyl sites for hydroxylation is 1. The largest absolute Gasteiger partial charge is 0.282 e. The fourth-order valence-electron chi connectivity index (χ4n) is 2.63. The first kappa shape index (κ1) is 18.3. The minimum Gasteiger partial charge on any atom is -0.267 e. The van der Waals surface area contributed by atoms with Crippen LogP contribution in [0, 0.1) is 0 Å². The molecule has 4 nitrogen and oxygen atoms in total. The van der Waals surface area contributed by atoms with E-state index in [0.29, 0.717) is 16.7 Å². The lowest BCUT2D eigenvalue weighted by Crippen LogP contribution is -2.22. The predicted octanol–water partition coefficient (Wildman–Crippen LogP) is 5.05. The Morgan fingerprint density at radius 1 is 1.19 bits per heavy atom. The summed E-state index contributed by atoms with van der Waals surface area (Å²) in [6.07, 6.45) is 8.13. The highest BCUT2D eigenvalue weighted by Crippen LogP contribution is 2.16. The van der Waals surface area contributed by atoms with Gasteiger partial charge < -0.3 is 0 Å². The Morgan fingerprint density at radius 3 is 2.77 bits per heavy atom. The van der Waals surface area contributed by atoms with E-state index in [1.807, 2.05) is 54.6 Å². The lowest BCUT2D eigenvalue weighted by atomic mass is 10.2. The molecule has 0 atom stereocenters. The van der Waals surface area contributed by atoms with E-state index in [1.54, 1.807) is 12.3 Å². The van der Waals surface area contributed by atoms with Crippen LogP contribution in [0.5, 0.6) is 0 Å². The van der Waals surface area contributed by atoms with Crippen LogP contribution in [-0.4, -0.2) is 15.9 Å². The summed E-state index contributed by atoms with van der Waals surface area (Å²) in [4.78, 5) is 17.5. The molecular weight excluding hydrogens is 390 g/mol. The Kier molecular flexibility index (Phi) is 6.12. The molecule has 0 unspecified atom stereocenters. The molecule has 0 N–H and O–H groups in total. The third kappa shape index (κ3) is 4.35. The molecule has 0 radical (unpaired) electrons. The first-order valence-corrected chi connectivity index (χ1v) is 9.45. The number of fused-ring (bicyclic) bond motifs is 1. The van der Waals surface area contributed by atoms with E-state index in [2.05, 4.69) is 32.9 Å². The van der Waals surface area contributed by atoms with Gasteiger partial charge in [-0.1, -0.05) is 65.7 Å². The number of halogens is 1. The fraction of sp³-hybridized carbons (Fsp3) is 0.190. The lowest BCUT2D eigenvalue weighted by molar-refractivity contribution is 0.675. The molecule has 1 heterocycles. The zero-order valence-electron chi connectivity index (χ0n) is 14.6. The van der Waals surface area contributed by atoms with E-state index in [9.17, 15) is 4.79 Å². The molecule has 0 aliphatic rings. The van der Waals surface area contributed by atoms with Crippen LogP contribution in [-0.2, 0) is 6.42 Å². The fourth-order valence-corrected chi connectivity index (χ4v) is 3.00. The molecular formula is C21H20BrN3O. The summed E-state index contributed by atoms with van der Waals surface area (Å²) >= 11 is 3.42. The van der Waals surface area contributed by atoms with Crippen molar-refractivity contribution < 1.29 is 0 Å². The predicted molar refractivity (Wildman–Crippen MR) is 112 cm³/mol. The minimum atomic E-state index is -0.147. The SMILES string of the molecule is CCCCc1nc2ccc(Br)cc2c(=O)n1N=C/C=C/c1ccccc1. The summed E-state index contributed by atoms with van der Waals surface area (Å²) < 4.78 is 2.27. The van der Waals surface area contributed by atoms with Gasteiger partial charge in [0.15, 0.2) is 0 Å². The van der Waals surface area contributed by atoms with Crippen molar-refractivity contribution in [2.75, 3.05) is 0 Å². The number of allylic oxidation sites excluding steroid dienone is 1. The molecule has 1 aromatic heterocycles. The summed E-state index contributed by atoms with van der Waals surface area (Å²) in [7, 11) is 0. The Hall–Kier alpha value is -2.53. The topological polar surface area (TPSA) is 47.2 Å². The number of aromatic nitrogens is 2. The Balaban J connectivity index is 1.98. The highest BCUT2D eigenvalue weighted by Gasteiger charge is 2.10. The van der Waals surface area contributed by atoms with Gasteiger partial charge in [-0.15, -0.1) is 0 Å². The van der Waals surface area contributed by atoms with Gasteiger partial charge >= 0.3 is 0 Å². The van der Waals surface area contributed by atoms with E-state index in [-0.39, 0.29) is 5.56 Å². The standard InChI is InChI=1S/C21H20BrN3O/c1-2-3-11-20-24-19-13-12-17(22)15-18(19)21(26)25(20)23-14-7-10-16-8-5-4-6-9-16/h4-10,12-15H,2-3,11H2,1H3/b10-7+,23-14?. The molecule has 26 heavy (non-hydrogen) atoms. The number of hydrogen-bond donors (Lipinski definition) is 0. The summed E-state index contributed by atoms with van der Waals surface area (Å²) in [5, 5.41) is 4.93. The molecule has 0 aliphatic heterocycles. The molecule has 0 fully saturated rings. The molecule has 132 valence electrons. The van der Waals surface area contributed by atoms with Gasteiger partial charge in [0.2, 0.25) is 0 Å². The molecule has 2 aromatic carbocycles. The molecule has 0 aliphatic carbocycles. The average molecular weight is 410 g/mol. The van der Waals surface area contributed by atoms with Gasteiger partial charge in [-0.2, -0.15) is 9.78 Å². The monoisotopic (exact) mass is 409 g/mol. The van der Waals surface area contributed by atoms with Crippen LogP contribution in [0.3, 0.4) is 0 Å². The first-order chi connectivity index (χ1) is 12.7. The normalized spacial score (nSPS) is 11.8.